The molecule has 1 aliphatic heterocycles. The van der Waals surface area contributed by atoms with E-state index < -0.39 is 0 Å². The molecule has 0 spiro atoms. The van der Waals surface area contributed by atoms with Crippen molar-refractivity contribution in [3.05, 3.63) is 41.7 Å². The standard InChI is InChI=1S/C11H12ClN2O/c1-14(6-5-13-11(14)8-15)10-4-2-3-9(12)7-10/h2-7,15H,8H2,1H3/q+1. The molecule has 3 nitrogen and oxygen atoms in total. The molecule has 0 aromatic heterocycles. The molecule has 0 amide bonds. The van der Waals surface area contributed by atoms with Crippen molar-refractivity contribution < 1.29 is 5.11 Å². The van der Waals surface area contributed by atoms with E-state index in [1.807, 2.05) is 37.5 Å². The summed E-state index contributed by atoms with van der Waals surface area (Å²) >= 11 is 5.94. The highest BCUT2D eigenvalue weighted by molar-refractivity contribution is 6.30. The Morgan fingerprint density at radius 2 is 2.27 bits per heavy atom. The Hall–Kier alpha value is -1.16. The number of nitrogens with zero attached hydrogens (tertiary/aromatic N) is 2. The summed E-state index contributed by atoms with van der Waals surface area (Å²) in [6, 6.07) is 7.56. The SMILES string of the molecule is C[N+]1(c2cccc(Cl)c2)C=CN=C1CO. The number of aliphatic hydroxyl groups excluding tert-OH is 1. The van der Waals surface area contributed by atoms with E-state index in [0.717, 1.165) is 5.69 Å². The number of amidine groups is 1. The molecular weight excluding hydrogens is 212 g/mol. The summed E-state index contributed by atoms with van der Waals surface area (Å²) in [5.74, 6) is 0.692. The fourth-order valence-electron chi connectivity index (χ4n) is 1.65. The summed E-state index contributed by atoms with van der Waals surface area (Å²) in [6.45, 7) is -0.0595. The Kier molecular flexibility index (Phi) is 2.61. The van der Waals surface area contributed by atoms with Gasteiger partial charge < -0.3 is 5.11 Å². The third kappa shape index (κ3) is 1.69. The van der Waals surface area contributed by atoms with E-state index >= 15 is 0 Å². The second-order valence-electron chi connectivity index (χ2n) is 3.56. The molecule has 0 fully saturated rings. The summed E-state index contributed by atoms with van der Waals surface area (Å²) in [5.41, 5.74) is 0.990. The first-order valence-corrected chi connectivity index (χ1v) is 5.03. The first-order valence-electron chi connectivity index (χ1n) is 4.65. The molecule has 0 radical (unpaired) electrons. The summed E-state index contributed by atoms with van der Waals surface area (Å²) in [7, 11) is 1.96. The topological polar surface area (TPSA) is 32.6 Å². The molecule has 15 heavy (non-hydrogen) atoms. The number of quaternary nitrogens is 1. The van der Waals surface area contributed by atoms with Crippen molar-refractivity contribution in [1.82, 2.24) is 4.48 Å². The van der Waals surface area contributed by atoms with Crippen LogP contribution in [0.2, 0.25) is 5.02 Å². The normalized spacial score (nSPS) is 24.3. The molecule has 1 N–H and O–H groups in total. The molecule has 1 aliphatic rings. The molecule has 0 bridgehead atoms. The first-order chi connectivity index (χ1) is 7.16. The van der Waals surface area contributed by atoms with Gasteiger partial charge in [0.1, 0.15) is 18.5 Å². The Bertz CT molecular complexity index is 442. The fourth-order valence-corrected chi connectivity index (χ4v) is 1.83. The highest BCUT2D eigenvalue weighted by Gasteiger charge is 2.32. The zero-order chi connectivity index (χ0) is 10.9. The average molecular weight is 224 g/mol. The Morgan fingerprint density at radius 1 is 1.47 bits per heavy atom. The fraction of sp³-hybridized carbons (Fsp3) is 0.182. The largest absolute Gasteiger partial charge is 0.384 e. The zero-order valence-corrected chi connectivity index (χ0v) is 9.15. The molecule has 0 saturated carbocycles. The molecule has 1 aromatic carbocycles. The van der Waals surface area contributed by atoms with E-state index in [2.05, 4.69) is 4.99 Å². The molecule has 1 atom stereocenters. The van der Waals surface area contributed by atoms with E-state index in [4.69, 9.17) is 11.6 Å². The van der Waals surface area contributed by atoms with E-state index in [1.54, 1.807) is 6.20 Å². The summed E-state index contributed by atoms with van der Waals surface area (Å²) in [4.78, 5) is 4.13. The Balaban J connectivity index is 2.46. The van der Waals surface area contributed by atoms with Gasteiger partial charge in [0.25, 0.3) is 0 Å². The van der Waals surface area contributed by atoms with Crippen molar-refractivity contribution in [2.45, 2.75) is 0 Å². The van der Waals surface area contributed by atoms with Crippen LogP contribution in [0.25, 0.3) is 0 Å². The summed E-state index contributed by atoms with van der Waals surface area (Å²) < 4.78 is 0.386. The molecule has 1 aromatic rings. The lowest BCUT2D eigenvalue weighted by Gasteiger charge is -2.26. The number of hydrogen-bond acceptors (Lipinski definition) is 2. The highest BCUT2D eigenvalue weighted by atomic mass is 35.5. The predicted octanol–water partition coefficient (Wildman–Crippen LogP) is 2.15. The van der Waals surface area contributed by atoms with Gasteiger partial charge >= 0.3 is 0 Å². The summed E-state index contributed by atoms with van der Waals surface area (Å²) in [5, 5.41) is 9.90. The van der Waals surface area contributed by atoms with Crippen molar-refractivity contribution in [1.29, 1.82) is 0 Å². The monoisotopic (exact) mass is 223 g/mol. The second-order valence-corrected chi connectivity index (χ2v) is 3.99. The van der Waals surface area contributed by atoms with Gasteiger partial charge in [0, 0.05) is 17.2 Å². The first kappa shape index (κ1) is 10.4. The van der Waals surface area contributed by atoms with E-state index in [9.17, 15) is 5.11 Å². The van der Waals surface area contributed by atoms with Gasteiger partial charge in [-0.15, -0.1) is 0 Å². The van der Waals surface area contributed by atoms with E-state index in [-0.39, 0.29) is 6.61 Å². The number of rotatable bonds is 2. The van der Waals surface area contributed by atoms with E-state index in [1.165, 1.54) is 0 Å². The maximum absolute atomic E-state index is 9.21. The number of aliphatic hydroxyl groups is 1. The molecular formula is C11H12ClN2O+. The zero-order valence-electron chi connectivity index (χ0n) is 8.39. The molecule has 0 saturated heterocycles. The number of benzene rings is 1. The average Bonchev–Trinajstić information content (AvgIpc) is 2.61. The third-order valence-corrected chi connectivity index (χ3v) is 2.85. The molecule has 78 valence electrons. The molecule has 4 heteroatoms. The molecule has 1 unspecified atom stereocenters. The number of hydrogen-bond donors (Lipinski definition) is 1. The van der Waals surface area contributed by atoms with Crippen molar-refractivity contribution in [3.63, 3.8) is 0 Å². The molecule has 1 heterocycles. The van der Waals surface area contributed by atoms with Gasteiger partial charge in [-0.3, -0.25) is 0 Å². The quantitative estimate of drug-likeness (QED) is 0.766. The lowest BCUT2D eigenvalue weighted by Crippen LogP contribution is -2.45. The van der Waals surface area contributed by atoms with Gasteiger partial charge in [-0.05, 0) is 6.07 Å². The van der Waals surface area contributed by atoms with Crippen molar-refractivity contribution in [2.75, 3.05) is 13.7 Å². The van der Waals surface area contributed by atoms with Crippen LogP contribution in [0.4, 0.5) is 5.69 Å². The number of aliphatic imine (C=N–C) groups is 1. The minimum absolute atomic E-state index is 0.0595. The Morgan fingerprint density at radius 3 is 2.93 bits per heavy atom. The van der Waals surface area contributed by atoms with Gasteiger partial charge in [-0.1, -0.05) is 17.7 Å². The smallest absolute Gasteiger partial charge is 0.238 e. The third-order valence-electron chi connectivity index (χ3n) is 2.61. The van der Waals surface area contributed by atoms with Crippen molar-refractivity contribution in [2.24, 2.45) is 4.99 Å². The van der Waals surface area contributed by atoms with Crippen LogP contribution in [-0.2, 0) is 0 Å². The van der Waals surface area contributed by atoms with Crippen molar-refractivity contribution >= 4 is 23.1 Å². The van der Waals surface area contributed by atoms with Gasteiger partial charge in [0.2, 0.25) is 5.84 Å². The van der Waals surface area contributed by atoms with Crippen LogP contribution in [0.5, 0.6) is 0 Å². The minimum Gasteiger partial charge on any atom is -0.384 e. The number of halogens is 1. The lowest BCUT2D eigenvalue weighted by molar-refractivity contribution is 0.344. The van der Waals surface area contributed by atoms with E-state index in [0.29, 0.717) is 15.3 Å². The second kappa shape index (κ2) is 3.77. The van der Waals surface area contributed by atoms with Crippen LogP contribution < -0.4 is 4.48 Å². The maximum atomic E-state index is 9.21. The van der Waals surface area contributed by atoms with Gasteiger partial charge in [0.15, 0.2) is 0 Å². The van der Waals surface area contributed by atoms with Crippen LogP contribution in [-0.4, -0.2) is 24.6 Å². The van der Waals surface area contributed by atoms with Crippen LogP contribution >= 0.6 is 11.6 Å². The molecule has 2 rings (SSSR count). The van der Waals surface area contributed by atoms with Crippen LogP contribution in [0.3, 0.4) is 0 Å². The summed E-state index contributed by atoms with van der Waals surface area (Å²) in [6.07, 6.45) is 3.61. The molecule has 0 aliphatic carbocycles. The van der Waals surface area contributed by atoms with Gasteiger partial charge in [-0.2, -0.15) is 0 Å². The highest BCUT2D eigenvalue weighted by Crippen LogP contribution is 2.28. The van der Waals surface area contributed by atoms with Crippen molar-refractivity contribution in [3.8, 4) is 0 Å². The van der Waals surface area contributed by atoms with Crippen LogP contribution in [0.15, 0.2) is 41.7 Å². The Labute approximate surface area is 93.5 Å². The number of likely N-dealkylation sites (N-methyl/N-ethyl adjacent to an activating group) is 1. The maximum Gasteiger partial charge on any atom is 0.238 e. The predicted molar refractivity (Wildman–Crippen MR) is 62.8 cm³/mol. The van der Waals surface area contributed by atoms with Crippen LogP contribution in [0.1, 0.15) is 0 Å². The van der Waals surface area contributed by atoms with Gasteiger partial charge in [-0.25, -0.2) is 9.48 Å². The minimum atomic E-state index is -0.0595. The van der Waals surface area contributed by atoms with Gasteiger partial charge in [0.05, 0.1) is 13.2 Å². The van der Waals surface area contributed by atoms with Crippen LogP contribution in [0, 0.1) is 0 Å². The lowest BCUT2D eigenvalue weighted by atomic mass is 10.2.